The molecule has 0 saturated carbocycles. The predicted octanol–water partition coefficient (Wildman–Crippen LogP) is 4.45. The van der Waals surface area contributed by atoms with Crippen molar-refractivity contribution in [3.63, 3.8) is 0 Å². The minimum atomic E-state index is -0.960. The van der Waals surface area contributed by atoms with Gasteiger partial charge in [0.25, 0.3) is 11.1 Å². The van der Waals surface area contributed by atoms with Crippen LogP contribution in [0.15, 0.2) is 29.7 Å². The number of carbonyl (C=O) groups is 3. The van der Waals surface area contributed by atoms with E-state index < -0.39 is 23.2 Å². The number of thioether (sulfide) groups is 1. The van der Waals surface area contributed by atoms with Gasteiger partial charge in [0, 0.05) is 0 Å². The van der Waals surface area contributed by atoms with E-state index in [-0.39, 0.29) is 11.5 Å². The van der Waals surface area contributed by atoms with Crippen LogP contribution in [-0.2, 0) is 14.3 Å². The summed E-state index contributed by atoms with van der Waals surface area (Å²) in [6, 6.07) is 2.77. The smallest absolute Gasteiger partial charge is 0.329 e. The number of rotatable bonds is 7. The Morgan fingerprint density at radius 1 is 1.33 bits per heavy atom. The first kappa shape index (κ1) is 22.2. The van der Waals surface area contributed by atoms with Gasteiger partial charge < -0.3 is 9.47 Å². The number of benzene rings is 1. The molecule has 27 heavy (non-hydrogen) atoms. The number of halogens is 2. The third kappa shape index (κ3) is 5.25. The van der Waals surface area contributed by atoms with Crippen molar-refractivity contribution in [1.29, 1.82) is 0 Å². The monoisotopic (exact) mass is 613 g/mol. The van der Waals surface area contributed by atoms with E-state index in [4.69, 9.17) is 9.47 Å². The highest BCUT2D eigenvalue weighted by atomic mass is 127. The van der Waals surface area contributed by atoms with Crippen molar-refractivity contribution >= 4 is 80.1 Å². The van der Waals surface area contributed by atoms with Gasteiger partial charge >= 0.3 is 5.97 Å². The van der Waals surface area contributed by atoms with E-state index in [1.165, 1.54) is 6.92 Å². The summed E-state index contributed by atoms with van der Waals surface area (Å²) in [5, 5.41) is -0.484. The van der Waals surface area contributed by atoms with E-state index >= 15 is 0 Å². The fraction of sp³-hybridized carbons (Fsp3) is 0.278. The molecule has 1 aliphatic heterocycles. The van der Waals surface area contributed by atoms with Crippen molar-refractivity contribution in [1.82, 2.24) is 4.90 Å². The molecule has 0 aliphatic carbocycles. The highest BCUT2D eigenvalue weighted by molar-refractivity contribution is 14.1. The Morgan fingerprint density at radius 3 is 2.52 bits per heavy atom. The van der Waals surface area contributed by atoms with E-state index in [0.29, 0.717) is 6.61 Å². The maximum absolute atomic E-state index is 12.6. The molecule has 1 atom stereocenters. The molecule has 144 valence electrons. The molecular weight excluding hydrogens is 596 g/mol. The third-order valence-corrected chi connectivity index (χ3v) is 5.99. The lowest BCUT2D eigenvalue weighted by atomic mass is 10.2. The van der Waals surface area contributed by atoms with Gasteiger partial charge in [-0.15, -0.1) is 0 Å². The van der Waals surface area contributed by atoms with E-state index in [9.17, 15) is 14.4 Å². The van der Waals surface area contributed by atoms with Crippen molar-refractivity contribution in [2.45, 2.75) is 19.9 Å². The standard InChI is InChI=1S/C18H17I2NO5S/c1-4-6-26-15-12(19)7-11(8-13(15)20)9-14-16(22)21(18(24)27-14)10(3)17(23)25-5-2/h4,7-10H,1,5-6H2,2-3H3/b14-9+/t10-/m1/s1. The zero-order valence-electron chi connectivity index (χ0n) is 14.7. The van der Waals surface area contributed by atoms with Gasteiger partial charge in [0.05, 0.1) is 18.7 Å². The predicted molar refractivity (Wildman–Crippen MR) is 121 cm³/mol. The molecule has 1 aliphatic rings. The molecule has 1 saturated heterocycles. The molecule has 1 heterocycles. The summed E-state index contributed by atoms with van der Waals surface area (Å²) in [4.78, 5) is 37.9. The van der Waals surface area contributed by atoms with E-state index in [1.807, 2.05) is 12.1 Å². The number of ether oxygens (including phenoxy) is 2. The summed E-state index contributed by atoms with van der Waals surface area (Å²) in [6.07, 6.45) is 3.31. The summed E-state index contributed by atoms with van der Waals surface area (Å²) in [6.45, 7) is 7.37. The molecule has 0 N–H and O–H groups in total. The topological polar surface area (TPSA) is 72.9 Å². The highest BCUT2D eigenvalue weighted by Gasteiger charge is 2.41. The maximum atomic E-state index is 12.6. The lowest BCUT2D eigenvalue weighted by Crippen LogP contribution is -2.42. The summed E-state index contributed by atoms with van der Waals surface area (Å²) in [5.41, 5.74) is 0.768. The molecule has 2 amide bonds. The Kier molecular flexibility index (Phi) is 8.16. The Labute approximate surface area is 189 Å². The molecule has 0 bridgehead atoms. The molecule has 2 rings (SSSR count). The zero-order valence-corrected chi connectivity index (χ0v) is 19.8. The third-order valence-electron chi connectivity index (χ3n) is 3.50. The Balaban J connectivity index is 2.27. The van der Waals surface area contributed by atoms with Crippen molar-refractivity contribution in [3.05, 3.63) is 42.4 Å². The van der Waals surface area contributed by atoms with Crippen LogP contribution in [0, 0.1) is 7.14 Å². The fourth-order valence-electron chi connectivity index (χ4n) is 2.28. The van der Waals surface area contributed by atoms with Gasteiger partial charge in [-0.05, 0) is 94.6 Å². The number of esters is 1. The maximum Gasteiger partial charge on any atom is 0.329 e. The first-order valence-electron chi connectivity index (χ1n) is 7.96. The molecule has 0 aromatic heterocycles. The number of imide groups is 1. The van der Waals surface area contributed by atoms with Gasteiger partial charge in [-0.1, -0.05) is 12.7 Å². The average molecular weight is 613 g/mol. The Morgan fingerprint density at radius 2 is 1.96 bits per heavy atom. The van der Waals surface area contributed by atoms with E-state index in [2.05, 4.69) is 51.8 Å². The normalized spacial score (nSPS) is 16.6. The van der Waals surface area contributed by atoms with Crippen LogP contribution in [0.1, 0.15) is 19.4 Å². The van der Waals surface area contributed by atoms with Crippen LogP contribution >= 0.6 is 56.9 Å². The van der Waals surface area contributed by atoms with E-state index in [0.717, 1.165) is 35.1 Å². The molecule has 6 nitrogen and oxygen atoms in total. The second-order valence-electron chi connectivity index (χ2n) is 5.39. The van der Waals surface area contributed by atoms with Gasteiger partial charge in [0.1, 0.15) is 18.4 Å². The van der Waals surface area contributed by atoms with Gasteiger partial charge in [0.2, 0.25) is 0 Å². The van der Waals surface area contributed by atoms with Crippen molar-refractivity contribution in [3.8, 4) is 5.75 Å². The molecule has 1 aromatic carbocycles. The van der Waals surface area contributed by atoms with Crippen LogP contribution in [0.25, 0.3) is 6.08 Å². The summed E-state index contributed by atoms with van der Waals surface area (Å²) in [7, 11) is 0. The molecular formula is C18H17I2NO5S. The van der Waals surface area contributed by atoms with Gasteiger partial charge in [-0.2, -0.15) is 0 Å². The summed E-state index contributed by atoms with van der Waals surface area (Å²) < 4.78 is 12.3. The van der Waals surface area contributed by atoms with Crippen LogP contribution in [0.3, 0.4) is 0 Å². The number of hydrogen-bond donors (Lipinski definition) is 0. The van der Waals surface area contributed by atoms with Crippen LogP contribution in [0.5, 0.6) is 5.75 Å². The molecule has 1 fully saturated rings. The van der Waals surface area contributed by atoms with Crippen LogP contribution in [-0.4, -0.2) is 41.3 Å². The summed E-state index contributed by atoms with van der Waals surface area (Å²) >= 11 is 5.12. The first-order valence-corrected chi connectivity index (χ1v) is 10.9. The van der Waals surface area contributed by atoms with Crippen molar-refractivity contribution < 1.29 is 23.9 Å². The lowest BCUT2D eigenvalue weighted by molar-refractivity contribution is -0.150. The highest BCUT2D eigenvalue weighted by Crippen LogP contribution is 2.35. The molecule has 0 unspecified atom stereocenters. The number of nitrogens with zero attached hydrogens (tertiary/aromatic N) is 1. The quantitative estimate of drug-likeness (QED) is 0.196. The van der Waals surface area contributed by atoms with Crippen molar-refractivity contribution in [2.75, 3.05) is 13.2 Å². The molecule has 0 radical (unpaired) electrons. The largest absolute Gasteiger partial charge is 0.487 e. The Bertz CT molecular complexity index is 801. The fourth-order valence-corrected chi connectivity index (χ4v) is 5.31. The minimum absolute atomic E-state index is 0.187. The average Bonchev–Trinajstić information content (AvgIpc) is 2.87. The minimum Gasteiger partial charge on any atom is -0.487 e. The number of amides is 2. The van der Waals surface area contributed by atoms with Crippen molar-refractivity contribution in [2.24, 2.45) is 0 Å². The number of hydrogen-bond acceptors (Lipinski definition) is 6. The zero-order chi connectivity index (χ0) is 20.1. The molecule has 1 aromatic rings. The molecule has 0 spiro atoms. The van der Waals surface area contributed by atoms with Gasteiger partial charge in [0.15, 0.2) is 0 Å². The summed E-state index contributed by atoms with van der Waals surface area (Å²) in [5.74, 6) is -0.353. The second kappa shape index (κ2) is 9.92. The van der Waals surface area contributed by atoms with Crippen LogP contribution in [0.4, 0.5) is 4.79 Å². The van der Waals surface area contributed by atoms with Gasteiger partial charge in [-0.25, -0.2) is 4.79 Å². The molecule has 9 heteroatoms. The SMILES string of the molecule is C=CCOc1c(I)cc(/C=C2/SC(=O)N([C@H](C)C(=O)OCC)C2=O)cc1I. The second-order valence-corrected chi connectivity index (χ2v) is 8.71. The van der Waals surface area contributed by atoms with Crippen LogP contribution in [0.2, 0.25) is 0 Å². The van der Waals surface area contributed by atoms with E-state index in [1.54, 1.807) is 19.1 Å². The van der Waals surface area contributed by atoms with Gasteiger partial charge in [-0.3, -0.25) is 14.5 Å². The first-order chi connectivity index (χ1) is 12.8. The lowest BCUT2D eigenvalue weighted by Gasteiger charge is -2.19. The Hall–Kier alpha value is -1.08. The van der Waals surface area contributed by atoms with Crippen LogP contribution < -0.4 is 4.74 Å². The number of carbonyl (C=O) groups excluding carboxylic acids is 3.